The van der Waals surface area contributed by atoms with Gasteiger partial charge in [-0.25, -0.2) is 0 Å². The molecule has 2 nitrogen and oxygen atoms in total. The molecule has 0 aromatic carbocycles. The van der Waals surface area contributed by atoms with Crippen LogP contribution in [0.1, 0.15) is 13.3 Å². The summed E-state index contributed by atoms with van der Waals surface area (Å²) in [5, 5.41) is 0. The molecule has 0 aromatic heterocycles. The summed E-state index contributed by atoms with van der Waals surface area (Å²) in [6, 6.07) is 0. The summed E-state index contributed by atoms with van der Waals surface area (Å²) in [5.41, 5.74) is 0. The number of carbonyl (C=O) groups is 1. The molecule has 0 fully saturated rings. The third kappa shape index (κ3) is 5.09. The van der Waals surface area contributed by atoms with Gasteiger partial charge in [-0.15, -0.1) is 0 Å². The van der Waals surface area contributed by atoms with Crippen molar-refractivity contribution in [3.05, 3.63) is 24.8 Å². The van der Waals surface area contributed by atoms with E-state index < -0.39 is 0 Å². The fourth-order valence-corrected chi connectivity index (χ4v) is 0.395. The predicted octanol–water partition coefficient (Wildman–Crippen LogP) is 1.68. The lowest BCUT2D eigenvalue weighted by atomic mass is 10.5. The van der Waals surface area contributed by atoms with Gasteiger partial charge in [0.2, 0.25) is 0 Å². The van der Waals surface area contributed by atoms with Crippen LogP contribution >= 0.6 is 0 Å². The van der Waals surface area contributed by atoms with Crippen LogP contribution in [0, 0.1) is 0 Å². The zero-order chi connectivity index (χ0) is 7.82. The van der Waals surface area contributed by atoms with Crippen molar-refractivity contribution in [1.29, 1.82) is 0 Å². The maximum Gasteiger partial charge on any atom is 0.305 e. The van der Waals surface area contributed by atoms with Crippen LogP contribution in [0.5, 0.6) is 0 Å². The lowest BCUT2D eigenvalue weighted by Gasteiger charge is -1.95. The molecule has 0 atom stereocenters. The van der Waals surface area contributed by atoms with E-state index in [9.17, 15) is 4.79 Å². The Morgan fingerprint density at radius 1 is 1.70 bits per heavy atom. The topological polar surface area (TPSA) is 26.3 Å². The molecule has 0 aliphatic carbocycles. The number of carbonyl (C=O) groups excluding carboxylic acids is 1. The maximum absolute atomic E-state index is 10.5. The highest BCUT2D eigenvalue weighted by Gasteiger charge is 1.92. The molecule has 0 heterocycles. The highest BCUT2D eigenvalue weighted by Crippen LogP contribution is 1.84. The Kier molecular flexibility index (Phi) is 5.44. The van der Waals surface area contributed by atoms with E-state index in [1.807, 2.05) is 0 Å². The first-order valence-corrected chi connectivity index (χ1v) is 3.24. The van der Waals surface area contributed by atoms with E-state index in [0.29, 0.717) is 13.0 Å². The molecule has 0 unspecified atom stereocenters. The molecule has 0 saturated heterocycles. The lowest BCUT2D eigenvalue weighted by Crippen LogP contribution is -2.01. The molecule has 0 aromatic rings. The van der Waals surface area contributed by atoms with Gasteiger partial charge in [0.05, 0.1) is 0 Å². The first kappa shape index (κ1) is 8.95. The number of hydrogen-bond acceptors (Lipinski definition) is 2. The van der Waals surface area contributed by atoms with E-state index in [1.165, 1.54) is 0 Å². The van der Waals surface area contributed by atoms with Gasteiger partial charge >= 0.3 is 5.97 Å². The third-order valence-electron chi connectivity index (χ3n) is 0.901. The second kappa shape index (κ2) is 6.08. The minimum absolute atomic E-state index is 0.172. The molecule has 0 aliphatic heterocycles. The van der Waals surface area contributed by atoms with Gasteiger partial charge in [0.1, 0.15) is 6.61 Å². The van der Waals surface area contributed by atoms with Crippen molar-refractivity contribution in [3.8, 4) is 0 Å². The molecule has 2 heteroatoms. The normalized spacial score (nSPS) is 9.70. The summed E-state index contributed by atoms with van der Waals surface area (Å²) in [6.07, 6.45) is 5.55. The summed E-state index contributed by atoms with van der Waals surface area (Å²) < 4.78 is 4.72. The zero-order valence-corrected chi connectivity index (χ0v) is 6.17. The second-order valence-electron chi connectivity index (χ2n) is 1.70. The van der Waals surface area contributed by atoms with Gasteiger partial charge in [-0.05, 0) is 6.08 Å². The van der Waals surface area contributed by atoms with Crippen molar-refractivity contribution in [2.24, 2.45) is 0 Å². The summed E-state index contributed by atoms with van der Waals surface area (Å²) in [4.78, 5) is 10.5. The Hall–Kier alpha value is -1.05. The molecule has 10 heavy (non-hydrogen) atoms. The molecule has 56 valence electrons. The second-order valence-corrected chi connectivity index (χ2v) is 1.70. The molecule has 0 rings (SSSR count). The zero-order valence-electron chi connectivity index (χ0n) is 6.17. The van der Waals surface area contributed by atoms with Crippen molar-refractivity contribution < 1.29 is 9.53 Å². The predicted molar refractivity (Wildman–Crippen MR) is 40.6 cm³/mol. The molecule has 0 spiro atoms. The first-order chi connectivity index (χ1) is 4.81. The van der Waals surface area contributed by atoms with Gasteiger partial charge in [-0.1, -0.05) is 25.7 Å². The van der Waals surface area contributed by atoms with E-state index in [4.69, 9.17) is 4.74 Å². The van der Waals surface area contributed by atoms with Gasteiger partial charge in [0.15, 0.2) is 0 Å². The van der Waals surface area contributed by atoms with Crippen LogP contribution in [0.15, 0.2) is 24.8 Å². The van der Waals surface area contributed by atoms with Crippen molar-refractivity contribution in [3.63, 3.8) is 0 Å². The van der Waals surface area contributed by atoms with Gasteiger partial charge in [-0.3, -0.25) is 4.79 Å². The standard InChI is InChI=1S/C8H12O2/c1-3-5-6-7-10-8(9)4-2/h3,5-6H,1,4,7H2,2H3/b6-5+. The monoisotopic (exact) mass is 140 g/mol. The average Bonchev–Trinajstić information content (AvgIpc) is 1.98. The van der Waals surface area contributed by atoms with Gasteiger partial charge in [0, 0.05) is 6.42 Å². The number of hydrogen-bond donors (Lipinski definition) is 0. The van der Waals surface area contributed by atoms with Crippen LogP contribution in [-0.4, -0.2) is 12.6 Å². The van der Waals surface area contributed by atoms with E-state index >= 15 is 0 Å². The van der Waals surface area contributed by atoms with Crippen LogP contribution in [0.4, 0.5) is 0 Å². The molecular formula is C8H12O2. The van der Waals surface area contributed by atoms with Crippen LogP contribution in [0.25, 0.3) is 0 Å². The molecule has 0 aliphatic rings. The summed E-state index contributed by atoms with van der Waals surface area (Å²) in [5.74, 6) is -0.172. The van der Waals surface area contributed by atoms with Crippen LogP contribution in [0.3, 0.4) is 0 Å². The summed E-state index contributed by atoms with van der Waals surface area (Å²) >= 11 is 0. The Morgan fingerprint density at radius 3 is 2.90 bits per heavy atom. The molecule has 0 bridgehead atoms. The van der Waals surface area contributed by atoms with Crippen LogP contribution in [0.2, 0.25) is 0 Å². The largest absolute Gasteiger partial charge is 0.461 e. The molecule has 0 amide bonds. The van der Waals surface area contributed by atoms with Gasteiger partial charge < -0.3 is 4.74 Å². The molecular weight excluding hydrogens is 128 g/mol. The van der Waals surface area contributed by atoms with E-state index in [2.05, 4.69) is 6.58 Å². The maximum atomic E-state index is 10.5. The minimum Gasteiger partial charge on any atom is -0.461 e. The Morgan fingerprint density at radius 2 is 2.40 bits per heavy atom. The number of esters is 1. The van der Waals surface area contributed by atoms with Crippen LogP contribution in [-0.2, 0) is 9.53 Å². The highest BCUT2D eigenvalue weighted by atomic mass is 16.5. The van der Waals surface area contributed by atoms with Crippen LogP contribution < -0.4 is 0 Å². The van der Waals surface area contributed by atoms with Crippen molar-refractivity contribution in [2.75, 3.05) is 6.61 Å². The number of allylic oxidation sites excluding steroid dienone is 2. The Balaban J connectivity index is 3.27. The fraction of sp³-hybridized carbons (Fsp3) is 0.375. The number of ether oxygens (including phenoxy) is 1. The Bertz CT molecular complexity index is 136. The molecule has 0 radical (unpaired) electrons. The fourth-order valence-electron chi connectivity index (χ4n) is 0.395. The van der Waals surface area contributed by atoms with Gasteiger partial charge in [0.25, 0.3) is 0 Å². The van der Waals surface area contributed by atoms with Crippen molar-refractivity contribution in [2.45, 2.75) is 13.3 Å². The number of rotatable bonds is 4. The summed E-state index contributed by atoms with van der Waals surface area (Å²) in [6.45, 7) is 5.58. The Labute approximate surface area is 61.2 Å². The molecule has 0 saturated carbocycles. The highest BCUT2D eigenvalue weighted by molar-refractivity contribution is 5.68. The van der Waals surface area contributed by atoms with E-state index in [1.54, 1.807) is 25.2 Å². The third-order valence-corrected chi connectivity index (χ3v) is 0.901. The first-order valence-electron chi connectivity index (χ1n) is 3.24. The minimum atomic E-state index is -0.172. The molecule has 0 N–H and O–H groups in total. The van der Waals surface area contributed by atoms with E-state index in [-0.39, 0.29) is 5.97 Å². The van der Waals surface area contributed by atoms with Gasteiger partial charge in [-0.2, -0.15) is 0 Å². The summed E-state index contributed by atoms with van der Waals surface area (Å²) in [7, 11) is 0. The smallest absolute Gasteiger partial charge is 0.305 e. The average molecular weight is 140 g/mol. The quantitative estimate of drug-likeness (QED) is 0.438. The van der Waals surface area contributed by atoms with Crippen molar-refractivity contribution >= 4 is 5.97 Å². The van der Waals surface area contributed by atoms with E-state index in [0.717, 1.165) is 0 Å². The van der Waals surface area contributed by atoms with Crippen molar-refractivity contribution in [1.82, 2.24) is 0 Å². The SMILES string of the molecule is C=C/C=C/COC(=O)CC. The lowest BCUT2D eigenvalue weighted by molar-refractivity contribution is -0.141.